The van der Waals surface area contributed by atoms with Crippen molar-refractivity contribution in [3.05, 3.63) is 30.1 Å². The van der Waals surface area contributed by atoms with E-state index in [0.717, 1.165) is 11.0 Å². The number of imidazole rings is 1. The maximum absolute atomic E-state index is 12.7. The fourth-order valence-electron chi connectivity index (χ4n) is 3.10. The van der Waals surface area contributed by atoms with Crippen molar-refractivity contribution in [2.24, 2.45) is 11.8 Å². The van der Waals surface area contributed by atoms with Gasteiger partial charge in [-0.1, -0.05) is 13.8 Å². The number of nitrogens with one attached hydrogen (secondary N) is 2. The lowest BCUT2D eigenvalue weighted by atomic mass is 9.94. The third-order valence-electron chi connectivity index (χ3n) is 5.19. The summed E-state index contributed by atoms with van der Waals surface area (Å²) in [4.78, 5) is 34.1. The van der Waals surface area contributed by atoms with Crippen molar-refractivity contribution in [1.29, 1.82) is 0 Å². The number of hydrogen-bond acceptors (Lipinski definition) is 3. The highest BCUT2D eigenvalue weighted by molar-refractivity contribution is 5.97. The topological polar surface area (TPSA) is 78.1 Å². The number of benzene rings is 1. The Bertz CT molecular complexity index is 760. The van der Waals surface area contributed by atoms with E-state index in [9.17, 15) is 9.59 Å². The molecule has 3 rings (SSSR count). The summed E-state index contributed by atoms with van der Waals surface area (Å²) in [6.07, 6.45) is 3.06. The highest BCUT2D eigenvalue weighted by atomic mass is 16.2. The van der Waals surface area contributed by atoms with E-state index in [0.29, 0.717) is 37.4 Å². The van der Waals surface area contributed by atoms with Crippen LogP contribution in [-0.2, 0) is 4.79 Å². The van der Waals surface area contributed by atoms with Crippen LogP contribution in [0.25, 0.3) is 11.0 Å². The summed E-state index contributed by atoms with van der Waals surface area (Å²) >= 11 is 0. The molecule has 2 N–H and O–H groups in total. The smallest absolute Gasteiger partial charge is 0.253 e. The van der Waals surface area contributed by atoms with Crippen molar-refractivity contribution < 1.29 is 9.59 Å². The van der Waals surface area contributed by atoms with Crippen LogP contribution in [0, 0.1) is 11.8 Å². The molecule has 2 aromatic rings. The van der Waals surface area contributed by atoms with Crippen LogP contribution in [-0.4, -0.2) is 45.8 Å². The van der Waals surface area contributed by atoms with Gasteiger partial charge in [-0.25, -0.2) is 4.98 Å². The maximum atomic E-state index is 12.7. The quantitative estimate of drug-likeness (QED) is 0.896. The molecule has 0 unspecified atom stereocenters. The van der Waals surface area contributed by atoms with Gasteiger partial charge in [-0.2, -0.15) is 0 Å². The van der Waals surface area contributed by atoms with Crippen LogP contribution in [0.15, 0.2) is 24.5 Å². The average molecular weight is 342 g/mol. The lowest BCUT2D eigenvalue weighted by molar-refractivity contribution is -0.127. The van der Waals surface area contributed by atoms with Crippen LogP contribution in [0.2, 0.25) is 0 Å². The fourth-order valence-corrected chi connectivity index (χ4v) is 3.10. The van der Waals surface area contributed by atoms with Gasteiger partial charge in [0.1, 0.15) is 0 Å². The summed E-state index contributed by atoms with van der Waals surface area (Å²) < 4.78 is 0. The molecule has 6 heteroatoms. The average Bonchev–Trinajstić information content (AvgIpc) is 3.08. The van der Waals surface area contributed by atoms with Crippen molar-refractivity contribution >= 4 is 22.8 Å². The van der Waals surface area contributed by atoms with Gasteiger partial charge >= 0.3 is 0 Å². The molecule has 1 atom stereocenters. The molecular formula is C19H26N4O2. The van der Waals surface area contributed by atoms with Gasteiger partial charge in [0.05, 0.1) is 17.4 Å². The molecule has 0 radical (unpaired) electrons. The number of carbonyl (C=O) groups is 2. The summed E-state index contributed by atoms with van der Waals surface area (Å²) in [5, 5.41) is 3.09. The SMILES string of the molecule is CC(C)[C@H](C)NC(=O)C1CCN(C(=O)c2ccc3nc[nH]c3c2)CC1. The molecule has 1 aromatic heterocycles. The van der Waals surface area contributed by atoms with Crippen LogP contribution in [0.5, 0.6) is 0 Å². The first kappa shape index (κ1) is 17.5. The number of hydrogen-bond donors (Lipinski definition) is 2. The largest absolute Gasteiger partial charge is 0.353 e. The lowest BCUT2D eigenvalue weighted by Gasteiger charge is -2.32. The highest BCUT2D eigenvalue weighted by Crippen LogP contribution is 2.21. The van der Waals surface area contributed by atoms with Crippen LogP contribution in [0.1, 0.15) is 44.0 Å². The first-order chi connectivity index (χ1) is 12.0. The Labute approximate surface area is 148 Å². The van der Waals surface area contributed by atoms with Crippen molar-refractivity contribution in [1.82, 2.24) is 20.2 Å². The van der Waals surface area contributed by atoms with Crippen molar-refractivity contribution in [3.63, 3.8) is 0 Å². The second kappa shape index (κ2) is 7.25. The first-order valence-corrected chi connectivity index (χ1v) is 8.98. The summed E-state index contributed by atoms with van der Waals surface area (Å²) in [5.74, 6) is 0.557. The van der Waals surface area contributed by atoms with Crippen molar-refractivity contribution in [3.8, 4) is 0 Å². The third kappa shape index (κ3) is 3.83. The van der Waals surface area contributed by atoms with Gasteiger partial charge < -0.3 is 15.2 Å². The molecule has 0 spiro atoms. The van der Waals surface area contributed by atoms with Gasteiger partial charge in [-0.3, -0.25) is 9.59 Å². The van der Waals surface area contributed by atoms with E-state index < -0.39 is 0 Å². The number of likely N-dealkylation sites (tertiary alicyclic amines) is 1. The Morgan fingerprint density at radius 1 is 1.24 bits per heavy atom. The number of carbonyl (C=O) groups excluding carboxylic acids is 2. The zero-order valence-electron chi connectivity index (χ0n) is 15.1. The number of H-pyrrole nitrogens is 1. The Kier molecular flexibility index (Phi) is 5.06. The Balaban J connectivity index is 1.58. The molecule has 0 bridgehead atoms. The Hall–Kier alpha value is -2.37. The standard InChI is InChI=1S/C19H26N4O2/c1-12(2)13(3)22-18(24)14-6-8-23(9-7-14)19(25)15-4-5-16-17(10-15)21-11-20-16/h4-5,10-14H,6-9H2,1-3H3,(H,20,21)(H,22,24)/t13-/m0/s1. The summed E-state index contributed by atoms with van der Waals surface area (Å²) in [7, 11) is 0. The number of aromatic nitrogens is 2. The molecule has 1 fully saturated rings. The molecule has 0 aliphatic carbocycles. The fraction of sp³-hybridized carbons (Fsp3) is 0.526. The summed E-state index contributed by atoms with van der Waals surface area (Å²) in [6.45, 7) is 7.47. The zero-order chi connectivity index (χ0) is 18.0. The molecular weight excluding hydrogens is 316 g/mol. The van der Waals surface area contributed by atoms with E-state index in [1.54, 1.807) is 6.33 Å². The molecule has 2 amide bonds. The minimum atomic E-state index is 0.000312. The first-order valence-electron chi connectivity index (χ1n) is 8.98. The van der Waals surface area contributed by atoms with Gasteiger partial charge in [0, 0.05) is 30.6 Å². The summed E-state index contributed by atoms with van der Waals surface area (Å²) in [6, 6.07) is 5.68. The van der Waals surface area contributed by atoms with E-state index in [1.807, 2.05) is 30.0 Å². The minimum absolute atomic E-state index is 0.000312. The molecule has 0 saturated carbocycles. The Morgan fingerprint density at radius 3 is 2.64 bits per heavy atom. The minimum Gasteiger partial charge on any atom is -0.353 e. The number of aromatic amines is 1. The molecule has 1 saturated heterocycles. The second-order valence-electron chi connectivity index (χ2n) is 7.24. The normalized spacial score (nSPS) is 17.0. The van der Waals surface area contributed by atoms with E-state index >= 15 is 0 Å². The number of nitrogens with zero attached hydrogens (tertiary/aromatic N) is 2. The zero-order valence-corrected chi connectivity index (χ0v) is 15.1. The van der Waals surface area contributed by atoms with E-state index in [1.165, 1.54) is 0 Å². The number of piperidine rings is 1. The van der Waals surface area contributed by atoms with Crippen LogP contribution < -0.4 is 5.32 Å². The predicted octanol–water partition coefficient (Wildman–Crippen LogP) is 2.58. The lowest BCUT2D eigenvalue weighted by Crippen LogP contribution is -2.45. The highest BCUT2D eigenvalue weighted by Gasteiger charge is 2.28. The second-order valence-corrected chi connectivity index (χ2v) is 7.24. The Morgan fingerprint density at radius 2 is 1.96 bits per heavy atom. The monoisotopic (exact) mass is 342 g/mol. The number of amides is 2. The van der Waals surface area contributed by atoms with Gasteiger partial charge in [0.15, 0.2) is 0 Å². The maximum Gasteiger partial charge on any atom is 0.253 e. The molecule has 2 heterocycles. The van der Waals surface area contributed by atoms with Crippen LogP contribution in [0.4, 0.5) is 0 Å². The van der Waals surface area contributed by atoms with E-state index in [4.69, 9.17) is 0 Å². The van der Waals surface area contributed by atoms with Crippen LogP contribution in [0.3, 0.4) is 0 Å². The van der Waals surface area contributed by atoms with Crippen LogP contribution >= 0.6 is 0 Å². The van der Waals surface area contributed by atoms with Gasteiger partial charge in [-0.05, 0) is 43.9 Å². The van der Waals surface area contributed by atoms with Gasteiger partial charge in [-0.15, -0.1) is 0 Å². The third-order valence-corrected chi connectivity index (χ3v) is 5.19. The molecule has 25 heavy (non-hydrogen) atoms. The van der Waals surface area contributed by atoms with Crippen molar-refractivity contribution in [2.45, 2.75) is 39.7 Å². The van der Waals surface area contributed by atoms with E-state index in [2.05, 4.69) is 29.1 Å². The van der Waals surface area contributed by atoms with Gasteiger partial charge in [0.2, 0.25) is 5.91 Å². The molecule has 1 aliphatic rings. The van der Waals surface area contributed by atoms with Crippen molar-refractivity contribution in [2.75, 3.05) is 13.1 Å². The summed E-state index contributed by atoms with van der Waals surface area (Å²) in [5.41, 5.74) is 2.38. The number of rotatable bonds is 4. The van der Waals surface area contributed by atoms with Gasteiger partial charge in [0.25, 0.3) is 5.91 Å². The molecule has 1 aliphatic heterocycles. The number of fused-ring (bicyclic) bond motifs is 1. The molecule has 6 nitrogen and oxygen atoms in total. The van der Waals surface area contributed by atoms with E-state index in [-0.39, 0.29) is 23.8 Å². The predicted molar refractivity (Wildman–Crippen MR) is 97.2 cm³/mol. The molecule has 1 aromatic carbocycles. The molecule has 134 valence electrons.